The summed E-state index contributed by atoms with van der Waals surface area (Å²) < 4.78 is 22.2. The van der Waals surface area contributed by atoms with Gasteiger partial charge in [0.25, 0.3) is 0 Å². The van der Waals surface area contributed by atoms with Crippen molar-refractivity contribution in [3.05, 3.63) is 0 Å². The van der Waals surface area contributed by atoms with Gasteiger partial charge in [0.05, 0.1) is 0 Å². The van der Waals surface area contributed by atoms with Crippen LogP contribution in [-0.4, -0.2) is 74.1 Å². The molecule has 1 saturated carbocycles. The second-order valence-electron chi connectivity index (χ2n) is 6.68. The van der Waals surface area contributed by atoms with Gasteiger partial charge in [-0.15, -0.1) is 0 Å². The van der Waals surface area contributed by atoms with Crippen molar-refractivity contribution in [3.8, 4) is 0 Å². The zero-order valence-electron chi connectivity index (χ0n) is 13.7. The fourth-order valence-electron chi connectivity index (χ4n) is 4.26. The van der Waals surface area contributed by atoms with Gasteiger partial charge in [-0.2, -0.15) is 0 Å². The van der Waals surface area contributed by atoms with E-state index in [0.29, 0.717) is 0 Å². The molecule has 0 N–H and O–H groups in total. The van der Waals surface area contributed by atoms with Crippen LogP contribution in [0.15, 0.2) is 0 Å². The van der Waals surface area contributed by atoms with Crippen molar-refractivity contribution in [2.24, 2.45) is 0 Å². The molecule has 7 nitrogen and oxygen atoms in total. The molecular formula is C16H23NO6Se. The molecule has 2 bridgehead atoms. The quantitative estimate of drug-likeness (QED) is 0.529. The average Bonchev–Trinajstić information content (AvgIpc) is 3.15. The molecule has 0 aromatic rings. The minimum absolute atomic E-state index is 0.00965. The number of ether oxygens (including phenoxy) is 4. The Kier molecular flexibility index (Phi) is 4.62. The van der Waals surface area contributed by atoms with Gasteiger partial charge in [0.1, 0.15) is 0 Å². The van der Waals surface area contributed by atoms with Crippen molar-refractivity contribution in [2.45, 2.75) is 79.7 Å². The van der Waals surface area contributed by atoms with Crippen LogP contribution in [0.2, 0.25) is 5.32 Å². The van der Waals surface area contributed by atoms with Gasteiger partial charge in [0.2, 0.25) is 0 Å². The van der Waals surface area contributed by atoms with E-state index in [9.17, 15) is 9.59 Å². The molecular weight excluding hydrogens is 381 g/mol. The number of fused-ring (bicyclic) bond motifs is 4. The van der Waals surface area contributed by atoms with Crippen molar-refractivity contribution in [3.63, 3.8) is 0 Å². The van der Waals surface area contributed by atoms with Gasteiger partial charge >= 0.3 is 147 Å². The van der Waals surface area contributed by atoms with E-state index in [0.717, 1.165) is 31.0 Å². The first kappa shape index (κ1) is 16.5. The Hall–Kier alpha value is -0.981. The molecule has 4 aliphatic rings. The van der Waals surface area contributed by atoms with Crippen molar-refractivity contribution in [2.75, 3.05) is 6.61 Å². The molecule has 24 heavy (non-hydrogen) atoms. The minimum atomic E-state index is -0.710. The predicted octanol–water partition coefficient (Wildman–Crippen LogP) is 1.91. The molecule has 134 valence electrons. The Morgan fingerprint density at radius 2 is 2.12 bits per heavy atom. The summed E-state index contributed by atoms with van der Waals surface area (Å²) in [6.07, 6.45) is 3.59. The zero-order valence-corrected chi connectivity index (χ0v) is 15.4. The third-order valence-electron chi connectivity index (χ3n) is 5.27. The van der Waals surface area contributed by atoms with Crippen molar-refractivity contribution in [1.29, 1.82) is 0 Å². The Bertz CT molecular complexity index is 511. The van der Waals surface area contributed by atoms with Gasteiger partial charge in [-0.3, -0.25) is 0 Å². The maximum absolute atomic E-state index is 12.6. The summed E-state index contributed by atoms with van der Waals surface area (Å²) in [5.74, 6) is 0. The van der Waals surface area contributed by atoms with Gasteiger partial charge in [-0.05, 0) is 0 Å². The van der Waals surface area contributed by atoms with Crippen LogP contribution in [0, 0.1) is 0 Å². The van der Waals surface area contributed by atoms with Crippen LogP contribution >= 0.6 is 0 Å². The zero-order chi connectivity index (χ0) is 16.7. The van der Waals surface area contributed by atoms with Crippen molar-refractivity contribution >= 4 is 27.2 Å². The Labute approximate surface area is 147 Å². The first-order valence-corrected chi connectivity index (χ1v) is 11.0. The van der Waals surface area contributed by atoms with E-state index < -0.39 is 18.4 Å². The van der Waals surface area contributed by atoms with Gasteiger partial charge in [-0.25, -0.2) is 0 Å². The van der Waals surface area contributed by atoms with Crippen LogP contribution < -0.4 is 0 Å². The van der Waals surface area contributed by atoms with E-state index in [2.05, 4.69) is 0 Å². The Morgan fingerprint density at radius 1 is 1.33 bits per heavy atom. The molecule has 0 aromatic carbocycles. The molecule has 1 aliphatic carbocycles. The number of nitrogens with zero attached hydrogens (tertiary/aromatic N) is 1. The van der Waals surface area contributed by atoms with Crippen LogP contribution in [0.4, 0.5) is 9.59 Å². The maximum atomic E-state index is 12.6. The van der Waals surface area contributed by atoms with E-state index in [1.54, 1.807) is 6.92 Å². The standard InChI is InChI=1S/C16H23NO6Se/c1-2-20-16(19)23-13-12-11(10-8-24-14(13)21-10)17(15(18)22-12)9-6-4-3-5-7-9/h9-14H,2-8H2,1H3/t10-,11-,12+,13-,14+/m1/s1. The first-order chi connectivity index (χ1) is 11.7. The molecule has 4 rings (SSSR count). The summed E-state index contributed by atoms with van der Waals surface area (Å²) in [6.45, 7) is 1.99. The summed E-state index contributed by atoms with van der Waals surface area (Å²) in [6, 6.07) is 0.0818. The number of carbonyl (C=O) groups excluding carboxylic acids is 2. The van der Waals surface area contributed by atoms with Crippen LogP contribution in [-0.2, 0) is 18.9 Å². The number of amides is 1. The molecule has 0 radical (unpaired) electrons. The van der Waals surface area contributed by atoms with Crippen LogP contribution in [0.25, 0.3) is 0 Å². The van der Waals surface area contributed by atoms with Crippen molar-refractivity contribution in [1.82, 2.24) is 4.90 Å². The van der Waals surface area contributed by atoms with E-state index in [4.69, 9.17) is 18.9 Å². The second kappa shape index (κ2) is 6.73. The molecule has 3 heterocycles. The van der Waals surface area contributed by atoms with Crippen LogP contribution in [0.1, 0.15) is 39.0 Å². The fraction of sp³-hybridized carbons (Fsp3) is 0.875. The molecule has 4 fully saturated rings. The summed E-state index contributed by atoms with van der Waals surface area (Å²) in [4.78, 5) is 26.2. The number of hydrogen-bond donors (Lipinski definition) is 0. The van der Waals surface area contributed by atoms with Gasteiger partial charge in [-0.1, -0.05) is 0 Å². The average molecular weight is 404 g/mol. The summed E-state index contributed by atoms with van der Waals surface area (Å²) in [5, 5.41) is 0.786. The predicted molar refractivity (Wildman–Crippen MR) is 83.9 cm³/mol. The molecule has 1 amide bonds. The molecule has 0 unspecified atom stereocenters. The Balaban J connectivity index is 1.55. The van der Waals surface area contributed by atoms with Gasteiger partial charge in [0.15, 0.2) is 0 Å². The SMILES string of the molecule is CCOC(=O)O[C@@H]1[C@H]2OC(=O)N(C3CCCCC3)[C@@H]2[C@H]2C[Se][C@@H]1O2. The third-order valence-corrected chi connectivity index (χ3v) is 7.85. The van der Waals surface area contributed by atoms with E-state index >= 15 is 0 Å². The summed E-state index contributed by atoms with van der Waals surface area (Å²) in [5.41, 5.74) is 0. The first-order valence-electron chi connectivity index (χ1n) is 8.78. The van der Waals surface area contributed by atoms with Crippen molar-refractivity contribution < 1.29 is 28.5 Å². The number of carbonyl (C=O) groups is 2. The number of rotatable bonds is 3. The molecule has 3 aliphatic heterocycles. The monoisotopic (exact) mass is 405 g/mol. The third kappa shape index (κ3) is 2.78. The molecule has 8 heteroatoms. The molecule has 3 saturated heterocycles. The van der Waals surface area contributed by atoms with Crippen LogP contribution in [0.3, 0.4) is 0 Å². The van der Waals surface area contributed by atoms with Gasteiger partial charge in [0, 0.05) is 0 Å². The number of hydrogen-bond acceptors (Lipinski definition) is 6. The second-order valence-corrected chi connectivity index (χ2v) is 9.05. The Morgan fingerprint density at radius 3 is 2.88 bits per heavy atom. The topological polar surface area (TPSA) is 74.3 Å². The summed E-state index contributed by atoms with van der Waals surface area (Å²) in [7, 11) is 0. The normalized spacial score (nSPS) is 38.6. The van der Waals surface area contributed by atoms with E-state index in [1.165, 1.54) is 6.42 Å². The molecule has 0 spiro atoms. The van der Waals surface area contributed by atoms with Gasteiger partial charge < -0.3 is 0 Å². The van der Waals surface area contributed by atoms with E-state index in [1.807, 2.05) is 4.90 Å². The van der Waals surface area contributed by atoms with Crippen LogP contribution in [0.5, 0.6) is 0 Å². The fourth-order valence-corrected chi connectivity index (χ4v) is 6.94. The molecule has 5 atom stereocenters. The van der Waals surface area contributed by atoms with E-state index in [-0.39, 0.29) is 50.8 Å². The molecule has 0 aromatic heterocycles. The summed E-state index contributed by atoms with van der Waals surface area (Å²) >= 11 is 0.219.